The van der Waals surface area contributed by atoms with Crippen LogP contribution in [0.3, 0.4) is 0 Å². The molecule has 0 saturated heterocycles. The van der Waals surface area contributed by atoms with Gasteiger partial charge in [0.15, 0.2) is 6.10 Å². The Kier molecular flexibility index (Phi) is 6.95. The predicted octanol–water partition coefficient (Wildman–Crippen LogP) is 3.70. The summed E-state index contributed by atoms with van der Waals surface area (Å²) in [5, 5.41) is 3.48. The highest BCUT2D eigenvalue weighted by Crippen LogP contribution is 2.18. The maximum absolute atomic E-state index is 12.2. The number of rotatable bonds is 8. The van der Waals surface area contributed by atoms with Gasteiger partial charge in [-0.1, -0.05) is 11.6 Å². The number of nitrogens with one attached hydrogen (secondary N) is 1. The van der Waals surface area contributed by atoms with Gasteiger partial charge in [0.25, 0.3) is 5.91 Å². The molecule has 2 aromatic rings. The lowest BCUT2D eigenvalue weighted by molar-refractivity contribution is -0.128. The molecule has 0 spiro atoms. The van der Waals surface area contributed by atoms with Crippen LogP contribution in [0.5, 0.6) is 17.2 Å². The van der Waals surface area contributed by atoms with Gasteiger partial charge < -0.3 is 19.5 Å². The lowest BCUT2D eigenvalue weighted by Crippen LogP contribution is -2.43. The Morgan fingerprint density at radius 2 is 1.56 bits per heavy atom. The van der Waals surface area contributed by atoms with E-state index >= 15 is 0 Å². The second kappa shape index (κ2) is 9.18. The van der Waals surface area contributed by atoms with Crippen LogP contribution in [0.4, 0.5) is 0 Å². The second-order valence-corrected chi connectivity index (χ2v) is 6.05. The fraction of sp³-hybridized carbons (Fsp3) is 0.316. The van der Waals surface area contributed by atoms with Crippen molar-refractivity contribution in [1.29, 1.82) is 0 Å². The van der Waals surface area contributed by atoms with Crippen LogP contribution >= 0.6 is 11.6 Å². The van der Waals surface area contributed by atoms with E-state index in [4.69, 9.17) is 25.8 Å². The minimum atomic E-state index is -0.621. The number of methoxy groups -OCH3 is 1. The van der Waals surface area contributed by atoms with Crippen LogP contribution < -0.4 is 19.5 Å². The van der Waals surface area contributed by atoms with Crippen molar-refractivity contribution >= 4 is 17.5 Å². The van der Waals surface area contributed by atoms with E-state index in [2.05, 4.69) is 5.32 Å². The zero-order chi connectivity index (χ0) is 18.2. The highest BCUT2D eigenvalue weighted by Gasteiger charge is 2.17. The van der Waals surface area contributed by atoms with Gasteiger partial charge in [-0.25, -0.2) is 0 Å². The van der Waals surface area contributed by atoms with E-state index in [1.54, 1.807) is 38.3 Å². The maximum Gasteiger partial charge on any atom is 0.261 e. The maximum atomic E-state index is 12.2. The van der Waals surface area contributed by atoms with Gasteiger partial charge in [-0.3, -0.25) is 4.79 Å². The van der Waals surface area contributed by atoms with Gasteiger partial charge >= 0.3 is 0 Å². The van der Waals surface area contributed by atoms with Gasteiger partial charge in [0.05, 0.1) is 13.2 Å². The number of amides is 1. The fourth-order valence-electron chi connectivity index (χ4n) is 2.07. The summed E-state index contributed by atoms with van der Waals surface area (Å²) < 4.78 is 16.3. The highest BCUT2D eigenvalue weighted by molar-refractivity contribution is 6.30. The van der Waals surface area contributed by atoms with E-state index in [1.807, 2.05) is 31.2 Å². The van der Waals surface area contributed by atoms with E-state index < -0.39 is 6.10 Å². The summed E-state index contributed by atoms with van der Waals surface area (Å²) in [4.78, 5) is 12.2. The van der Waals surface area contributed by atoms with Crippen LogP contribution in [0.2, 0.25) is 5.02 Å². The van der Waals surface area contributed by atoms with E-state index in [9.17, 15) is 4.79 Å². The first kappa shape index (κ1) is 18.9. The molecular formula is C19H22ClNO4. The van der Waals surface area contributed by atoms with Gasteiger partial charge in [0, 0.05) is 5.02 Å². The molecule has 2 aromatic carbocycles. The first-order chi connectivity index (χ1) is 12.0. The van der Waals surface area contributed by atoms with Gasteiger partial charge in [-0.05, 0) is 62.4 Å². The van der Waals surface area contributed by atoms with Crippen molar-refractivity contribution in [3.63, 3.8) is 0 Å². The standard InChI is InChI=1S/C19H22ClNO4/c1-13(12-24-17-10-8-16(23-3)9-11-17)21-19(22)14(2)25-18-6-4-15(20)5-7-18/h4-11,13-14H,12H2,1-3H3,(H,21,22)/t13-,14+/m1/s1. The lowest BCUT2D eigenvalue weighted by Gasteiger charge is -2.19. The lowest BCUT2D eigenvalue weighted by atomic mass is 10.3. The molecule has 2 atom stereocenters. The van der Waals surface area contributed by atoms with Crippen LogP contribution in [-0.4, -0.2) is 31.8 Å². The Bertz CT molecular complexity index is 673. The monoisotopic (exact) mass is 363 g/mol. The number of benzene rings is 2. The molecule has 0 saturated carbocycles. The molecule has 134 valence electrons. The SMILES string of the molecule is COc1ccc(OC[C@@H](C)NC(=O)[C@H](C)Oc2ccc(Cl)cc2)cc1. The molecule has 25 heavy (non-hydrogen) atoms. The van der Waals surface area contributed by atoms with Crippen LogP contribution in [0, 0.1) is 0 Å². The number of carbonyl (C=O) groups excluding carboxylic acids is 1. The van der Waals surface area contributed by atoms with Crippen LogP contribution in [0.1, 0.15) is 13.8 Å². The number of hydrogen-bond donors (Lipinski definition) is 1. The molecule has 0 bridgehead atoms. The largest absolute Gasteiger partial charge is 0.497 e. The molecule has 0 aromatic heterocycles. The Hall–Kier alpha value is -2.40. The molecule has 2 rings (SSSR count). The molecule has 0 aliphatic carbocycles. The number of carbonyl (C=O) groups is 1. The zero-order valence-corrected chi connectivity index (χ0v) is 15.2. The molecule has 0 aliphatic heterocycles. The van der Waals surface area contributed by atoms with Crippen molar-refractivity contribution in [2.75, 3.05) is 13.7 Å². The van der Waals surface area contributed by atoms with E-state index in [-0.39, 0.29) is 11.9 Å². The van der Waals surface area contributed by atoms with Crippen LogP contribution in [-0.2, 0) is 4.79 Å². The fourth-order valence-corrected chi connectivity index (χ4v) is 2.19. The average Bonchev–Trinajstić information content (AvgIpc) is 2.62. The predicted molar refractivity (Wildman–Crippen MR) is 97.6 cm³/mol. The van der Waals surface area contributed by atoms with E-state index in [0.717, 1.165) is 5.75 Å². The summed E-state index contributed by atoms with van der Waals surface area (Å²) in [6.07, 6.45) is -0.621. The summed E-state index contributed by atoms with van der Waals surface area (Å²) in [6.45, 7) is 3.92. The van der Waals surface area contributed by atoms with Crippen molar-refractivity contribution in [2.45, 2.75) is 26.0 Å². The molecule has 0 fully saturated rings. The first-order valence-electron chi connectivity index (χ1n) is 7.97. The van der Waals surface area contributed by atoms with Gasteiger partial charge in [-0.15, -0.1) is 0 Å². The summed E-state index contributed by atoms with van der Waals surface area (Å²) in [6, 6.07) is 14.0. The number of halogens is 1. The topological polar surface area (TPSA) is 56.8 Å². The molecule has 1 amide bonds. The van der Waals surface area contributed by atoms with Gasteiger partial charge in [0.1, 0.15) is 23.9 Å². The highest BCUT2D eigenvalue weighted by atomic mass is 35.5. The third-order valence-corrected chi connectivity index (χ3v) is 3.70. The van der Waals surface area contributed by atoms with Crippen molar-refractivity contribution in [2.24, 2.45) is 0 Å². The third kappa shape index (κ3) is 6.19. The third-order valence-electron chi connectivity index (χ3n) is 3.44. The van der Waals surface area contributed by atoms with Crippen molar-refractivity contribution in [3.05, 3.63) is 53.6 Å². The van der Waals surface area contributed by atoms with E-state index in [0.29, 0.717) is 23.1 Å². The summed E-state index contributed by atoms with van der Waals surface area (Å²) in [5.41, 5.74) is 0. The van der Waals surface area contributed by atoms with Crippen molar-refractivity contribution in [1.82, 2.24) is 5.32 Å². The van der Waals surface area contributed by atoms with Gasteiger partial charge in [-0.2, -0.15) is 0 Å². The smallest absolute Gasteiger partial charge is 0.261 e. The summed E-state index contributed by atoms with van der Waals surface area (Å²) in [7, 11) is 1.61. The summed E-state index contributed by atoms with van der Waals surface area (Å²) in [5.74, 6) is 1.87. The zero-order valence-electron chi connectivity index (χ0n) is 14.5. The van der Waals surface area contributed by atoms with Crippen molar-refractivity contribution in [3.8, 4) is 17.2 Å². The second-order valence-electron chi connectivity index (χ2n) is 5.61. The minimum Gasteiger partial charge on any atom is -0.497 e. The van der Waals surface area contributed by atoms with E-state index in [1.165, 1.54) is 0 Å². The molecule has 0 aliphatic rings. The molecular weight excluding hydrogens is 342 g/mol. The Labute approximate surface area is 152 Å². The molecule has 0 unspecified atom stereocenters. The minimum absolute atomic E-state index is 0.161. The van der Waals surface area contributed by atoms with Crippen LogP contribution in [0.25, 0.3) is 0 Å². The molecule has 0 radical (unpaired) electrons. The number of ether oxygens (including phenoxy) is 3. The Morgan fingerprint density at radius 3 is 2.16 bits per heavy atom. The van der Waals surface area contributed by atoms with Gasteiger partial charge in [0.2, 0.25) is 0 Å². The summed E-state index contributed by atoms with van der Waals surface area (Å²) >= 11 is 5.83. The average molecular weight is 364 g/mol. The number of hydrogen-bond acceptors (Lipinski definition) is 4. The Morgan fingerprint density at radius 1 is 1.00 bits per heavy atom. The normalized spacial score (nSPS) is 12.8. The molecule has 6 heteroatoms. The Balaban J connectivity index is 1.77. The first-order valence-corrected chi connectivity index (χ1v) is 8.35. The molecule has 0 heterocycles. The van der Waals surface area contributed by atoms with Crippen molar-refractivity contribution < 1.29 is 19.0 Å². The molecule has 5 nitrogen and oxygen atoms in total. The van der Waals surface area contributed by atoms with Crippen LogP contribution in [0.15, 0.2) is 48.5 Å². The molecule has 1 N–H and O–H groups in total. The quantitative estimate of drug-likeness (QED) is 0.777.